The van der Waals surface area contributed by atoms with E-state index in [0.717, 1.165) is 0 Å². The van der Waals surface area contributed by atoms with Gasteiger partial charge in [0.25, 0.3) is 0 Å². The van der Waals surface area contributed by atoms with E-state index in [9.17, 15) is 4.79 Å². The van der Waals surface area contributed by atoms with Crippen molar-refractivity contribution in [2.75, 3.05) is 7.11 Å². The maximum Gasteiger partial charge on any atom is 0.182 e. The predicted molar refractivity (Wildman–Crippen MR) is 50.6 cm³/mol. The molecule has 0 saturated carbocycles. The van der Waals surface area contributed by atoms with Crippen LogP contribution in [0.3, 0.4) is 0 Å². The Hall–Kier alpha value is -1.84. The minimum absolute atomic E-state index is 0.0493. The Kier molecular flexibility index (Phi) is 1.96. The molecule has 0 N–H and O–H groups in total. The summed E-state index contributed by atoms with van der Waals surface area (Å²) in [7, 11) is 1.51. The number of hydrogen-bond acceptors (Lipinski definition) is 4. The molecule has 0 bridgehead atoms. The van der Waals surface area contributed by atoms with Crippen molar-refractivity contribution in [2.45, 2.75) is 6.92 Å². The molecule has 1 aromatic carbocycles. The largest absolute Gasteiger partial charge is 0.494 e. The summed E-state index contributed by atoms with van der Waals surface area (Å²) in [5, 5.41) is 0. The molecular formula is C10H9NO3. The molecular weight excluding hydrogens is 182 g/mol. The van der Waals surface area contributed by atoms with Crippen molar-refractivity contribution < 1.29 is 13.9 Å². The summed E-state index contributed by atoms with van der Waals surface area (Å²) in [4.78, 5) is 15.2. The Morgan fingerprint density at radius 2 is 2.29 bits per heavy atom. The van der Waals surface area contributed by atoms with Crippen LogP contribution in [-0.4, -0.2) is 17.9 Å². The molecule has 0 saturated heterocycles. The predicted octanol–water partition coefficient (Wildman–Crippen LogP) is 2.04. The lowest BCUT2D eigenvalue weighted by Gasteiger charge is -2.04. The molecule has 4 nitrogen and oxygen atoms in total. The molecule has 0 fully saturated rings. The highest BCUT2D eigenvalue weighted by Crippen LogP contribution is 2.28. The molecule has 0 aliphatic rings. The molecule has 0 radical (unpaired) electrons. The summed E-state index contributed by atoms with van der Waals surface area (Å²) in [6.07, 6.45) is 1.33. The molecule has 0 aliphatic carbocycles. The van der Waals surface area contributed by atoms with Crippen molar-refractivity contribution in [3.05, 3.63) is 24.1 Å². The number of carbonyl (C=O) groups excluding carboxylic acids is 1. The summed E-state index contributed by atoms with van der Waals surface area (Å²) in [5.41, 5.74) is 1.72. The van der Waals surface area contributed by atoms with E-state index in [1.54, 1.807) is 12.1 Å². The van der Waals surface area contributed by atoms with E-state index in [2.05, 4.69) is 4.98 Å². The number of ether oxygens (including phenoxy) is 1. The van der Waals surface area contributed by atoms with Crippen LogP contribution in [0.2, 0.25) is 0 Å². The molecule has 0 spiro atoms. The average molecular weight is 191 g/mol. The van der Waals surface area contributed by atoms with Crippen LogP contribution >= 0.6 is 0 Å². The van der Waals surface area contributed by atoms with Gasteiger partial charge in [-0.15, -0.1) is 0 Å². The first-order valence-electron chi connectivity index (χ1n) is 4.15. The second kappa shape index (κ2) is 3.14. The molecule has 72 valence electrons. The standard InChI is InChI=1S/C10H9NO3/c1-6(12)7-3-4-8-9(10(7)13-2)11-5-14-8/h3-5H,1-2H3. The number of ketones is 1. The van der Waals surface area contributed by atoms with E-state index in [-0.39, 0.29) is 5.78 Å². The fourth-order valence-corrected chi connectivity index (χ4v) is 1.39. The van der Waals surface area contributed by atoms with Crippen LogP contribution in [-0.2, 0) is 0 Å². The lowest BCUT2D eigenvalue weighted by atomic mass is 10.1. The SMILES string of the molecule is COc1c(C(C)=O)ccc2ocnc12. The number of Topliss-reactive ketones (excluding diaryl/α,β-unsaturated/α-hetero) is 1. The molecule has 0 atom stereocenters. The molecule has 4 heteroatoms. The summed E-state index contributed by atoms with van der Waals surface area (Å²) in [6, 6.07) is 3.39. The van der Waals surface area contributed by atoms with Crippen LogP contribution < -0.4 is 4.74 Å². The zero-order valence-corrected chi connectivity index (χ0v) is 7.90. The highest BCUT2D eigenvalue weighted by atomic mass is 16.5. The summed E-state index contributed by atoms with van der Waals surface area (Å²) in [6.45, 7) is 1.49. The molecule has 0 amide bonds. The Labute approximate surface area is 80.5 Å². The number of hydrogen-bond donors (Lipinski definition) is 0. The number of methoxy groups -OCH3 is 1. The number of aromatic nitrogens is 1. The van der Waals surface area contributed by atoms with Gasteiger partial charge in [0, 0.05) is 0 Å². The second-order valence-electron chi connectivity index (χ2n) is 2.90. The number of benzene rings is 1. The van der Waals surface area contributed by atoms with E-state index < -0.39 is 0 Å². The van der Waals surface area contributed by atoms with Crippen LogP contribution in [0.5, 0.6) is 5.75 Å². The summed E-state index contributed by atoms with van der Waals surface area (Å²) >= 11 is 0. The highest BCUT2D eigenvalue weighted by Gasteiger charge is 2.14. The Bertz CT molecular complexity index is 487. The van der Waals surface area contributed by atoms with Crippen LogP contribution in [0.25, 0.3) is 11.1 Å². The van der Waals surface area contributed by atoms with E-state index in [1.807, 2.05) is 0 Å². The number of fused-ring (bicyclic) bond motifs is 1. The van der Waals surface area contributed by atoms with Gasteiger partial charge >= 0.3 is 0 Å². The highest BCUT2D eigenvalue weighted by molar-refractivity contribution is 6.01. The third-order valence-corrected chi connectivity index (χ3v) is 2.04. The average Bonchev–Trinajstić information content (AvgIpc) is 2.63. The Balaban J connectivity index is 2.78. The molecule has 2 aromatic rings. The minimum Gasteiger partial charge on any atom is -0.494 e. The first-order chi connectivity index (χ1) is 6.74. The number of nitrogens with zero attached hydrogens (tertiary/aromatic N) is 1. The number of oxazole rings is 1. The van der Waals surface area contributed by atoms with Gasteiger partial charge in [0.05, 0.1) is 12.7 Å². The van der Waals surface area contributed by atoms with E-state index >= 15 is 0 Å². The topological polar surface area (TPSA) is 52.3 Å². The Morgan fingerprint density at radius 3 is 2.93 bits per heavy atom. The third-order valence-electron chi connectivity index (χ3n) is 2.04. The molecule has 0 aliphatic heterocycles. The van der Waals surface area contributed by atoms with Gasteiger partial charge in [-0.25, -0.2) is 4.98 Å². The fourth-order valence-electron chi connectivity index (χ4n) is 1.39. The van der Waals surface area contributed by atoms with Gasteiger partial charge in [0.15, 0.2) is 29.0 Å². The van der Waals surface area contributed by atoms with Crippen molar-refractivity contribution in [3.8, 4) is 5.75 Å². The Morgan fingerprint density at radius 1 is 1.50 bits per heavy atom. The molecule has 1 aromatic heterocycles. The zero-order valence-electron chi connectivity index (χ0n) is 7.90. The molecule has 14 heavy (non-hydrogen) atoms. The summed E-state index contributed by atoms with van der Waals surface area (Å²) in [5.74, 6) is 0.426. The fraction of sp³-hybridized carbons (Fsp3) is 0.200. The van der Waals surface area contributed by atoms with Crippen LogP contribution in [0.15, 0.2) is 22.9 Å². The smallest absolute Gasteiger partial charge is 0.182 e. The molecule has 0 unspecified atom stereocenters. The van der Waals surface area contributed by atoms with Crippen LogP contribution in [0, 0.1) is 0 Å². The van der Waals surface area contributed by atoms with Gasteiger partial charge in [-0.05, 0) is 19.1 Å². The van der Waals surface area contributed by atoms with Crippen molar-refractivity contribution in [3.63, 3.8) is 0 Å². The first-order valence-corrected chi connectivity index (χ1v) is 4.15. The normalized spacial score (nSPS) is 10.4. The van der Waals surface area contributed by atoms with Gasteiger partial charge in [0.2, 0.25) is 0 Å². The third kappa shape index (κ3) is 1.16. The lowest BCUT2D eigenvalue weighted by Crippen LogP contribution is -1.97. The van der Waals surface area contributed by atoms with Gasteiger partial charge in [-0.2, -0.15) is 0 Å². The quantitative estimate of drug-likeness (QED) is 0.681. The van der Waals surface area contributed by atoms with Crippen LogP contribution in [0.1, 0.15) is 17.3 Å². The molecule has 1 heterocycles. The second-order valence-corrected chi connectivity index (χ2v) is 2.90. The minimum atomic E-state index is -0.0493. The van der Waals surface area contributed by atoms with Crippen molar-refractivity contribution >= 4 is 16.9 Å². The van der Waals surface area contributed by atoms with Gasteiger partial charge in [-0.3, -0.25) is 4.79 Å². The lowest BCUT2D eigenvalue weighted by molar-refractivity contribution is 0.101. The maximum atomic E-state index is 11.3. The van der Waals surface area contributed by atoms with Crippen molar-refractivity contribution in [1.82, 2.24) is 4.98 Å². The van der Waals surface area contributed by atoms with Gasteiger partial charge in [0.1, 0.15) is 0 Å². The van der Waals surface area contributed by atoms with Crippen LogP contribution in [0.4, 0.5) is 0 Å². The van der Waals surface area contributed by atoms with Crippen molar-refractivity contribution in [2.24, 2.45) is 0 Å². The van der Waals surface area contributed by atoms with E-state index in [4.69, 9.17) is 9.15 Å². The van der Waals surface area contributed by atoms with E-state index in [1.165, 1.54) is 20.4 Å². The maximum absolute atomic E-state index is 11.3. The number of rotatable bonds is 2. The van der Waals surface area contributed by atoms with E-state index in [0.29, 0.717) is 22.4 Å². The van der Waals surface area contributed by atoms with Crippen molar-refractivity contribution in [1.29, 1.82) is 0 Å². The monoisotopic (exact) mass is 191 g/mol. The number of carbonyl (C=O) groups is 1. The first kappa shape index (κ1) is 8.74. The van der Waals surface area contributed by atoms with Gasteiger partial charge in [-0.1, -0.05) is 0 Å². The zero-order chi connectivity index (χ0) is 10.1. The molecule has 2 rings (SSSR count). The van der Waals surface area contributed by atoms with Gasteiger partial charge < -0.3 is 9.15 Å². The summed E-state index contributed by atoms with van der Waals surface area (Å²) < 4.78 is 10.2.